The minimum Gasteiger partial charge on any atom is -0.349 e. The summed E-state index contributed by atoms with van der Waals surface area (Å²) in [5.74, 6) is -0.435. The highest BCUT2D eigenvalue weighted by Crippen LogP contribution is 2.23. The lowest BCUT2D eigenvalue weighted by Gasteiger charge is -2.30. The van der Waals surface area contributed by atoms with Crippen LogP contribution in [-0.4, -0.2) is 40.1 Å². The van der Waals surface area contributed by atoms with Gasteiger partial charge in [0.1, 0.15) is 0 Å². The molecule has 0 radical (unpaired) electrons. The number of hydrogen-bond donors (Lipinski definition) is 2. The Hall–Kier alpha value is -2.53. The van der Waals surface area contributed by atoms with E-state index in [9.17, 15) is 21.6 Å². The number of nitrogens with zero attached hydrogens (tertiary/aromatic N) is 1. The molecule has 1 atom stereocenters. The normalized spacial score (nSPS) is 17.3. The zero-order valence-corrected chi connectivity index (χ0v) is 19.3. The van der Waals surface area contributed by atoms with E-state index in [1.165, 1.54) is 21.8 Å². The minimum atomic E-state index is -3.77. The van der Waals surface area contributed by atoms with Crippen LogP contribution in [0, 0.1) is 5.92 Å². The maximum Gasteiger partial charge on any atom is 0.238 e. The molecule has 3 rings (SSSR count). The van der Waals surface area contributed by atoms with Crippen LogP contribution in [0.25, 0.3) is 6.08 Å². The molecule has 1 amide bonds. The highest BCUT2D eigenvalue weighted by atomic mass is 32.2. The second-order valence-corrected chi connectivity index (χ2v) is 11.2. The van der Waals surface area contributed by atoms with Crippen LogP contribution in [0.15, 0.2) is 64.9 Å². The lowest BCUT2D eigenvalue weighted by atomic mass is 9.96. The van der Waals surface area contributed by atoms with E-state index in [-0.39, 0.29) is 35.9 Å². The Morgan fingerprint density at radius 1 is 1.03 bits per heavy atom. The molecule has 0 aliphatic carbocycles. The number of sulfonamides is 2. The van der Waals surface area contributed by atoms with Gasteiger partial charge in [0, 0.05) is 24.4 Å². The average molecular weight is 478 g/mol. The van der Waals surface area contributed by atoms with Gasteiger partial charge >= 0.3 is 0 Å². The van der Waals surface area contributed by atoms with Crippen molar-refractivity contribution in [3.63, 3.8) is 0 Å². The molecule has 8 nitrogen and oxygen atoms in total. The summed E-state index contributed by atoms with van der Waals surface area (Å²) in [5, 5.41) is 9.23. The summed E-state index contributed by atoms with van der Waals surface area (Å²) < 4.78 is 49.3. The fourth-order valence-corrected chi connectivity index (χ4v) is 5.28. The van der Waals surface area contributed by atoms with Gasteiger partial charge in [0.15, 0.2) is 0 Å². The van der Waals surface area contributed by atoms with Gasteiger partial charge in [-0.25, -0.2) is 22.0 Å². The molecule has 1 heterocycles. The van der Waals surface area contributed by atoms with Gasteiger partial charge in [-0.2, -0.15) is 4.31 Å². The molecular weight excluding hydrogens is 450 g/mol. The van der Waals surface area contributed by atoms with E-state index in [0.29, 0.717) is 12.8 Å². The van der Waals surface area contributed by atoms with E-state index < -0.39 is 20.0 Å². The highest BCUT2D eigenvalue weighted by molar-refractivity contribution is 7.92. The summed E-state index contributed by atoms with van der Waals surface area (Å²) in [6, 6.07) is 14.9. The van der Waals surface area contributed by atoms with Crippen molar-refractivity contribution in [1.82, 2.24) is 9.62 Å². The lowest BCUT2D eigenvalue weighted by molar-refractivity contribution is -0.126. The SMILES string of the molecule is CC(NC(=O)C1CCN(S(=O)(=O)/C=C/c2ccccc2)CC1)c1ccc(S(N)(=O)=O)cc1. The van der Waals surface area contributed by atoms with E-state index in [1.54, 1.807) is 25.1 Å². The molecule has 2 aromatic carbocycles. The van der Waals surface area contributed by atoms with E-state index in [1.807, 2.05) is 30.3 Å². The summed E-state index contributed by atoms with van der Waals surface area (Å²) in [4.78, 5) is 12.7. The predicted octanol–water partition coefficient (Wildman–Crippen LogP) is 2.22. The molecule has 1 aliphatic heterocycles. The van der Waals surface area contributed by atoms with E-state index in [4.69, 9.17) is 5.14 Å². The van der Waals surface area contributed by atoms with Crippen molar-refractivity contribution in [1.29, 1.82) is 0 Å². The second-order valence-electron chi connectivity index (χ2n) is 7.78. The van der Waals surface area contributed by atoms with Gasteiger partial charge in [-0.3, -0.25) is 4.79 Å². The first-order valence-corrected chi connectivity index (χ1v) is 13.3. The van der Waals surface area contributed by atoms with Crippen LogP contribution >= 0.6 is 0 Å². The van der Waals surface area contributed by atoms with E-state index >= 15 is 0 Å². The van der Waals surface area contributed by atoms with Crippen molar-refractivity contribution >= 4 is 32.0 Å². The van der Waals surface area contributed by atoms with Gasteiger partial charge < -0.3 is 5.32 Å². The second kappa shape index (κ2) is 9.95. The van der Waals surface area contributed by atoms with Gasteiger partial charge in [-0.1, -0.05) is 42.5 Å². The number of carbonyl (C=O) groups is 1. The monoisotopic (exact) mass is 477 g/mol. The summed E-state index contributed by atoms with van der Waals surface area (Å²) in [6.45, 7) is 2.35. The van der Waals surface area contributed by atoms with Crippen molar-refractivity contribution in [2.75, 3.05) is 13.1 Å². The third kappa shape index (κ3) is 6.26. The fraction of sp³-hybridized carbons (Fsp3) is 0.318. The molecule has 172 valence electrons. The van der Waals surface area contributed by atoms with Crippen molar-refractivity contribution in [2.45, 2.75) is 30.7 Å². The van der Waals surface area contributed by atoms with Crippen molar-refractivity contribution in [3.05, 3.63) is 71.1 Å². The zero-order valence-electron chi connectivity index (χ0n) is 17.7. The molecule has 1 fully saturated rings. The lowest BCUT2D eigenvalue weighted by Crippen LogP contribution is -2.42. The van der Waals surface area contributed by atoms with Gasteiger partial charge in [0.05, 0.1) is 10.9 Å². The highest BCUT2D eigenvalue weighted by Gasteiger charge is 2.30. The number of nitrogens with two attached hydrogens (primary N) is 1. The molecule has 0 saturated carbocycles. The standard InChI is InChI=1S/C22H27N3O5S2/c1-17(19-7-9-21(10-8-19)32(23,29)30)24-22(26)20-11-14-25(15-12-20)31(27,28)16-13-18-5-3-2-4-6-18/h2-10,13,16-17,20H,11-12,14-15H2,1H3,(H,24,26)(H2,23,29,30)/b16-13+. The number of piperidine rings is 1. The van der Waals surface area contributed by atoms with Gasteiger partial charge in [-0.15, -0.1) is 0 Å². The van der Waals surface area contributed by atoms with E-state index in [0.717, 1.165) is 11.1 Å². The Labute approximate surface area is 189 Å². The smallest absolute Gasteiger partial charge is 0.238 e. The van der Waals surface area contributed by atoms with Gasteiger partial charge in [0.2, 0.25) is 26.0 Å². The molecule has 1 aliphatic rings. The molecular formula is C22H27N3O5S2. The van der Waals surface area contributed by atoms with Crippen LogP contribution < -0.4 is 10.5 Å². The summed E-state index contributed by atoms with van der Waals surface area (Å²) in [6.07, 6.45) is 2.43. The quantitative estimate of drug-likeness (QED) is 0.632. The van der Waals surface area contributed by atoms with Crippen molar-refractivity contribution in [3.8, 4) is 0 Å². The minimum absolute atomic E-state index is 0.00896. The number of primary sulfonamides is 1. The summed E-state index contributed by atoms with van der Waals surface area (Å²) >= 11 is 0. The van der Waals surface area contributed by atoms with Crippen LogP contribution in [0.5, 0.6) is 0 Å². The average Bonchev–Trinajstić information content (AvgIpc) is 2.78. The Morgan fingerprint density at radius 2 is 1.62 bits per heavy atom. The predicted molar refractivity (Wildman–Crippen MR) is 123 cm³/mol. The Balaban J connectivity index is 1.54. The topological polar surface area (TPSA) is 127 Å². The van der Waals surface area contributed by atoms with Crippen LogP contribution in [0.2, 0.25) is 0 Å². The van der Waals surface area contributed by atoms with Crippen LogP contribution in [0.1, 0.15) is 36.9 Å². The molecule has 0 aromatic heterocycles. The zero-order chi connectivity index (χ0) is 23.4. The molecule has 2 aromatic rings. The van der Waals surface area contributed by atoms with Gasteiger partial charge in [-0.05, 0) is 49.1 Å². The number of carbonyl (C=O) groups excluding carboxylic acids is 1. The molecule has 0 bridgehead atoms. The molecule has 0 spiro atoms. The first-order valence-electron chi connectivity index (χ1n) is 10.2. The number of rotatable bonds is 7. The first-order chi connectivity index (χ1) is 15.1. The Kier molecular flexibility index (Phi) is 7.50. The molecule has 32 heavy (non-hydrogen) atoms. The Bertz CT molecular complexity index is 1170. The van der Waals surface area contributed by atoms with E-state index in [2.05, 4.69) is 5.32 Å². The van der Waals surface area contributed by atoms with Crippen LogP contribution in [0.4, 0.5) is 0 Å². The van der Waals surface area contributed by atoms with Crippen molar-refractivity contribution < 1.29 is 21.6 Å². The third-order valence-electron chi connectivity index (χ3n) is 5.48. The van der Waals surface area contributed by atoms with Crippen molar-refractivity contribution in [2.24, 2.45) is 11.1 Å². The molecule has 1 unspecified atom stereocenters. The molecule has 1 saturated heterocycles. The van der Waals surface area contributed by atoms with Crippen LogP contribution in [-0.2, 0) is 24.8 Å². The summed E-state index contributed by atoms with van der Waals surface area (Å²) in [5.41, 5.74) is 1.55. The fourth-order valence-electron chi connectivity index (χ4n) is 3.55. The number of hydrogen-bond acceptors (Lipinski definition) is 5. The summed E-state index contributed by atoms with van der Waals surface area (Å²) in [7, 11) is -7.32. The Morgan fingerprint density at radius 3 is 2.19 bits per heavy atom. The first kappa shape index (κ1) is 24.1. The number of benzene rings is 2. The number of nitrogens with one attached hydrogen (secondary N) is 1. The maximum absolute atomic E-state index is 12.7. The molecule has 3 N–H and O–H groups in total. The largest absolute Gasteiger partial charge is 0.349 e. The third-order valence-corrected chi connectivity index (χ3v) is 7.98. The van der Waals surface area contributed by atoms with Gasteiger partial charge in [0.25, 0.3) is 0 Å². The van der Waals surface area contributed by atoms with Crippen LogP contribution in [0.3, 0.4) is 0 Å². The molecule has 10 heteroatoms. The number of amides is 1. The maximum atomic E-state index is 12.7.